The van der Waals surface area contributed by atoms with E-state index in [9.17, 15) is 14.7 Å². The van der Waals surface area contributed by atoms with Gasteiger partial charge in [0.15, 0.2) is 0 Å². The van der Waals surface area contributed by atoms with Crippen LogP contribution in [0, 0.1) is 5.41 Å². The van der Waals surface area contributed by atoms with Crippen molar-refractivity contribution < 1.29 is 19.4 Å². The van der Waals surface area contributed by atoms with Crippen LogP contribution in [0.15, 0.2) is 0 Å². The Kier molecular flexibility index (Phi) is 4.52. The lowest BCUT2D eigenvalue weighted by molar-refractivity contribution is -0.150. The molecule has 2 amide bonds. The molecule has 2 fully saturated rings. The molecule has 114 valence electrons. The van der Waals surface area contributed by atoms with Gasteiger partial charge in [0.25, 0.3) is 0 Å². The van der Waals surface area contributed by atoms with Crippen molar-refractivity contribution in [3.8, 4) is 0 Å². The molecule has 2 N–H and O–H groups in total. The minimum absolute atomic E-state index is 0.142. The molecule has 20 heavy (non-hydrogen) atoms. The summed E-state index contributed by atoms with van der Waals surface area (Å²) in [6.45, 7) is 5.30. The molecule has 1 atom stereocenters. The fourth-order valence-electron chi connectivity index (χ4n) is 2.91. The number of likely N-dealkylation sites (tertiary alicyclic amines) is 1. The van der Waals surface area contributed by atoms with Gasteiger partial charge in [-0.25, -0.2) is 4.79 Å². The second-order valence-corrected chi connectivity index (χ2v) is 6.09. The maximum Gasteiger partial charge on any atom is 0.317 e. The minimum atomic E-state index is -0.824. The predicted molar refractivity (Wildman–Crippen MR) is 73.5 cm³/mol. The molecular weight excluding hydrogens is 260 g/mol. The zero-order valence-electron chi connectivity index (χ0n) is 12.2. The van der Waals surface area contributed by atoms with E-state index in [2.05, 4.69) is 5.32 Å². The molecule has 0 spiro atoms. The van der Waals surface area contributed by atoms with Gasteiger partial charge in [-0.3, -0.25) is 4.79 Å². The van der Waals surface area contributed by atoms with Crippen molar-refractivity contribution in [3.05, 3.63) is 0 Å². The van der Waals surface area contributed by atoms with Crippen molar-refractivity contribution >= 4 is 12.0 Å². The fraction of sp³-hybridized carbons (Fsp3) is 0.857. The normalized spacial score (nSPS) is 33.4. The summed E-state index contributed by atoms with van der Waals surface area (Å²) in [5.74, 6) is -0.824. The highest BCUT2D eigenvalue weighted by Crippen LogP contribution is 2.30. The van der Waals surface area contributed by atoms with Crippen molar-refractivity contribution in [2.45, 2.75) is 51.7 Å². The molecule has 6 nitrogen and oxygen atoms in total. The molecule has 2 aliphatic rings. The maximum atomic E-state index is 12.2. The molecule has 0 aromatic rings. The number of amides is 2. The van der Waals surface area contributed by atoms with Crippen LogP contribution >= 0.6 is 0 Å². The van der Waals surface area contributed by atoms with Gasteiger partial charge in [-0.2, -0.15) is 0 Å². The Hall–Kier alpha value is -1.30. The molecule has 0 radical (unpaired) electrons. The summed E-state index contributed by atoms with van der Waals surface area (Å²) >= 11 is 0. The van der Waals surface area contributed by atoms with E-state index in [-0.39, 0.29) is 24.7 Å². The third-order valence-corrected chi connectivity index (χ3v) is 4.32. The van der Waals surface area contributed by atoms with Crippen LogP contribution < -0.4 is 5.32 Å². The van der Waals surface area contributed by atoms with Crippen LogP contribution in [-0.4, -0.2) is 53.8 Å². The number of carboxylic acid groups (broad SMARTS) is 1. The summed E-state index contributed by atoms with van der Waals surface area (Å²) in [6.07, 6.45) is 3.33. The Morgan fingerprint density at radius 2 is 2.15 bits per heavy atom. The lowest BCUT2D eigenvalue weighted by atomic mass is 9.82. The van der Waals surface area contributed by atoms with E-state index in [1.165, 1.54) is 0 Å². The first-order chi connectivity index (χ1) is 9.44. The number of urea groups is 1. The molecular formula is C14H24N2O4. The number of hydrogen-bond donors (Lipinski definition) is 2. The van der Waals surface area contributed by atoms with E-state index in [0.29, 0.717) is 19.6 Å². The van der Waals surface area contributed by atoms with Crippen LogP contribution in [0.2, 0.25) is 0 Å². The largest absolute Gasteiger partial charge is 0.481 e. The van der Waals surface area contributed by atoms with Gasteiger partial charge in [-0.1, -0.05) is 0 Å². The Bertz CT molecular complexity index is 381. The van der Waals surface area contributed by atoms with Gasteiger partial charge < -0.3 is 20.1 Å². The summed E-state index contributed by atoms with van der Waals surface area (Å²) in [5, 5.41) is 12.2. The van der Waals surface area contributed by atoms with E-state index in [1.807, 2.05) is 6.92 Å². The summed E-state index contributed by atoms with van der Waals surface area (Å²) < 4.78 is 5.46. The fourth-order valence-corrected chi connectivity index (χ4v) is 2.91. The first-order valence-corrected chi connectivity index (χ1v) is 7.35. The van der Waals surface area contributed by atoms with Gasteiger partial charge in [0, 0.05) is 25.7 Å². The van der Waals surface area contributed by atoms with Crippen LogP contribution in [0.1, 0.15) is 39.5 Å². The van der Waals surface area contributed by atoms with Crippen molar-refractivity contribution in [1.29, 1.82) is 0 Å². The van der Waals surface area contributed by atoms with E-state index in [4.69, 9.17) is 4.74 Å². The number of ether oxygens (including phenoxy) is 1. The molecule has 1 heterocycles. The van der Waals surface area contributed by atoms with E-state index >= 15 is 0 Å². The SMILES string of the molecule is CCOC1CC(NC(=O)N2CCCC(C)(C(=O)O)C2)C1. The van der Waals surface area contributed by atoms with Gasteiger partial charge in [-0.15, -0.1) is 0 Å². The molecule has 2 rings (SSSR count). The van der Waals surface area contributed by atoms with Gasteiger partial charge in [0.2, 0.25) is 0 Å². The van der Waals surface area contributed by atoms with Gasteiger partial charge >= 0.3 is 12.0 Å². The number of carbonyl (C=O) groups excluding carboxylic acids is 1. The van der Waals surface area contributed by atoms with Crippen LogP contribution in [0.5, 0.6) is 0 Å². The zero-order valence-corrected chi connectivity index (χ0v) is 12.2. The molecule has 0 aromatic heterocycles. The van der Waals surface area contributed by atoms with Gasteiger partial charge in [0.05, 0.1) is 11.5 Å². The van der Waals surface area contributed by atoms with E-state index in [0.717, 1.165) is 19.3 Å². The summed E-state index contributed by atoms with van der Waals surface area (Å²) in [7, 11) is 0. The second kappa shape index (κ2) is 5.99. The number of nitrogens with one attached hydrogen (secondary N) is 1. The molecule has 1 aliphatic heterocycles. The smallest absolute Gasteiger partial charge is 0.317 e. The van der Waals surface area contributed by atoms with Crippen molar-refractivity contribution in [1.82, 2.24) is 10.2 Å². The van der Waals surface area contributed by atoms with E-state index < -0.39 is 11.4 Å². The molecule has 0 aromatic carbocycles. The van der Waals surface area contributed by atoms with Crippen LogP contribution in [0.3, 0.4) is 0 Å². The van der Waals surface area contributed by atoms with Crippen LogP contribution in [-0.2, 0) is 9.53 Å². The molecule has 6 heteroatoms. The number of carboxylic acids is 1. The van der Waals surface area contributed by atoms with Crippen LogP contribution in [0.25, 0.3) is 0 Å². The number of carbonyl (C=O) groups is 2. The standard InChI is InChI=1S/C14H24N2O4/c1-3-20-11-7-10(8-11)15-13(19)16-6-4-5-14(2,9-16)12(17)18/h10-11H,3-9H2,1-2H3,(H,15,19)(H,17,18). The molecule has 1 saturated heterocycles. The average molecular weight is 284 g/mol. The molecule has 1 unspecified atom stereocenters. The van der Waals surface area contributed by atoms with Crippen molar-refractivity contribution in [2.75, 3.05) is 19.7 Å². The van der Waals surface area contributed by atoms with Crippen molar-refractivity contribution in [3.63, 3.8) is 0 Å². The highest BCUT2D eigenvalue weighted by atomic mass is 16.5. The summed E-state index contributed by atoms with van der Waals surface area (Å²) in [4.78, 5) is 25.1. The summed E-state index contributed by atoms with van der Waals surface area (Å²) in [6, 6.07) is 0.0224. The number of nitrogens with zero attached hydrogens (tertiary/aromatic N) is 1. The Labute approximate surface area is 119 Å². The number of hydrogen-bond acceptors (Lipinski definition) is 3. The quantitative estimate of drug-likeness (QED) is 0.819. The van der Waals surface area contributed by atoms with E-state index in [1.54, 1.807) is 11.8 Å². The Morgan fingerprint density at radius 3 is 2.75 bits per heavy atom. The second-order valence-electron chi connectivity index (χ2n) is 6.09. The van der Waals surface area contributed by atoms with Gasteiger partial charge in [-0.05, 0) is 39.5 Å². The zero-order chi connectivity index (χ0) is 14.8. The highest BCUT2D eigenvalue weighted by Gasteiger charge is 2.40. The number of piperidine rings is 1. The molecule has 1 aliphatic carbocycles. The summed E-state index contributed by atoms with van der Waals surface area (Å²) in [5.41, 5.74) is -0.816. The Morgan fingerprint density at radius 1 is 1.45 bits per heavy atom. The highest BCUT2D eigenvalue weighted by molar-refractivity contribution is 5.78. The first kappa shape index (κ1) is 15.1. The first-order valence-electron chi connectivity index (χ1n) is 7.35. The average Bonchev–Trinajstić information content (AvgIpc) is 2.36. The maximum absolute atomic E-state index is 12.2. The predicted octanol–water partition coefficient (Wildman–Crippen LogP) is 1.45. The lowest BCUT2D eigenvalue weighted by Crippen LogP contribution is -2.56. The monoisotopic (exact) mass is 284 g/mol. The lowest BCUT2D eigenvalue weighted by Gasteiger charge is -2.40. The van der Waals surface area contributed by atoms with Crippen LogP contribution in [0.4, 0.5) is 4.79 Å². The minimum Gasteiger partial charge on any atom is -0.481 e. The topological polar surface area (TPSA) is 78.9 Å². The van der Waals surface area contributed by atoms with Gasteiger partial charge in [0.1, 0.15) is 0 Å². The molecule has 1 saturated carbocycles. The number of rotatable bonds is 4. The number of aliphatic carboxylic acids is 1. The van der Waals surface area contributed by atoms with Crippen molar-refractivity contribution in [2.24, 2.45) is 5.41 Å². The Balaban J connectivity index is 1.80. The third-order valence-electron chi connectivity index (χ3n) is 4.32. The third kappa shape index (κ3) is 3.23. The molecule has 0 bridgehead atoms.